The normalized spacial score (nSPS) is 13.7. The number of sulfonamides is 1. The van der Waals surface area contributed by atoms with E-state index in [4.69, 9.17) is 9.47 Å². The van der Waals surface area contributed by atoms with Crippen molar-refractivity contribution in [1.29, 1.82) is 0 Å². The highest BCUT2D eigenvalue weighted by atomic mass is 127. The van der Waals surface area contributed by atoms with Gasteiger partial charge in [-0.2, -0.15) is 0 Å². The number of thiophene rings is 1. The third-order valence-electron chi connectivity index (χ3n) is 4.31. The first-order valence-electron chi connectivity index (χ1n) is 8.55. The van der Waals surface area contributed by atoms with Crippen LogP contribution in [-0.4, -0.2) is 28.1 Å². The summed E-state index contributed by atoms with van der Waals surface area (Å²) in [6.07, 6.45) is 3.65. The Kier molecular flexibility index (Phi) is 6.32. The van der Waals surface area contributed by atoms with Crippen molar-refractivity contribution in [3.63, 3.8) is 0 Å². The van der Waals surface area contributed by atoms with Crippen LogP contribution in [0.5, 0.6) is 5.75 Å². The van der Waals surface area contributed by atoms with Crippen LogP contribution in [0.4, 0.5) is 5.00 Å². The molecule has 0 spiro atoms. The Balaban J connectivity index is 2.00. The fraction of sp³-hybridized carbons (Fsp3) is 0.389. The smallest absolute Gasteiger partial charge is 0.341 e. The molecule has 27 heavy (non-hydrogen) atoms. The molecule has 0 atom stereocenters. The van der Waals surface area contributed by atoms with E-state index in [1.165, 1.54) is 24.5 Å². The van der Waals surface area contributed by atoms with Crippen molar-refractivity contribution in [1.82, 2.24) is 0 Å². The lowest BCUT2D eigenvalue weighted by Gasteiger charge is -2.13. The summed E-state index contributed by atoms with van der Waals surface area (Å²) < 4.78 is 39.5. The quantitative estimate of drug-likeness (QED) is 0.455. The number of hydrogen-bond acceptors (Lipinski definition) is 6. The zero-order chi connectivity index (χ0) is 19.6. The first-order valence-corrected chi connectivity index (χ1v) is 11.9. The fourth-order valence-corrected chi connectivity index (χ4v) is 6.61. The maximum absolute atomic E-state index is 12.9. The van der Waals surface area contributed by atoms with Gasteiger partial charge in [0.2, 0.25) is 0 Å². The number of anilines is 1. The zero-order valence-corrected chi connectivity index (χ0v) is 18.8. The molecule has 0 saturated carbocycles. The molecule has 3 rings (SSSR count). The molecule has 1 aromatic heterocycles. The van der Waals surface area contributed by atoms with E-state index < -0.39 is 16.0 Å². The van der Waals surface area contributed by atoms with Gasteiger partial charge in [0.1, 0.15) is 10.8 Å². The van der Waals surface area contributed by atoms with Gasteiger partial charge >= 0.3 is 5.97 Å². The van der Waals surface area contributed by atoms with Gasteiger partial charge in [-0.1, -0.05) is 0 Å². The average molecular weight is 521 g/mol. The van der Waals surface area contributed by atoms with Crippen LogP contribution in [0.1, 0.15) is 40.6 Å². The highest BCUT2D eigenvalue weighted by molar-refractivity contribution is 14.1. The Labute approximate surface area is 176 Å². The Morgan fingerprint density at radius 3 is 2.70 bits per heavy atom. The molecule has 1 aliphatic rings. The minimum atomic E-state index is -3.84. The number of nitrogens with one attached hydrogen (secondary N) is 1. The van der Waals surface area contributed by atoms with Crippen LogP contribution in [0.3, 0.4) is 0 Å². The topological polar surface area (TPSA) is 81.7 Å². The molecule has 0 bridgehead atoms. The summed E-state index contributed by atoms with van der Waals surface area (Å²) in [6.45, 7) is 1.98. The Bertz CT molecular complexity index is 968. The van der Waals surface area contributed by atoms with Gasteiger partial charge < -0.3 is 9.47 Å². The predicted octanol–water partition coefficient (Wildman–Crippen LogP) is 4.22. The molecule has 146 valence electrons. The summed E-state index contributed by atoms with van der Waals surface area (Å²) in [4.78, 5) is 13.7. The number of halogens is 1. The molecule has 1 N–H and O–H groups in total. The Morgan fingerprint density at radius 2 is 2.04 bits per heavy atom. The van der Waals surface area contributed by atoms with E-state index in [9.17, 15) is 13.2 Å². The number of aryl methyl sites for hydroxylation is 1. The van der Waals surface area contributed by atoms with Crippen molar-refractivity contribution in [2.24, 2.45) is 0 Å². The molecule has 1 aromatic carbocycles. The summed E-state index contributed by atoms with van der Waals surface area (Å²) in [6, 6.07) is 4.64. The van der Waals surface area contributed by atoms with Gasteiger partial charge in [0.15, 0.2) is 0 Å². The van der Waals surface area contributed by atoms with Crippen molar-refractivity contribution in [2.75, 3.05) is 18.4 Å². The number of hydrogen-bond donors (Lipinski definition) is 1. The lowest BCUT2D eigenvalue weighted by molar-refractivity contribution is 0.0526. The zero-order valence-electron chi connectivity index (χ0n) is 15.0. The van der Waals surface area contributed by atoms with Crippen molar-refractivity contribution >= 4 is 54.9 Å². The minimum Gasteiger partial charge on any atom is -0.496 e. The highest BCUT2D eigenvalue weighted by Gasteiger charge is 2.29. The van der Waals surface area contributed by atoms with Gasteiger partial charge in [-0.15, -0.1) is 11.3 Å². The number of benzene rings is 1. The number of carbonyl (C=O) groups is 1. The maximum Gasteiger partial charge on any atom is 0.341 e. The molecule has 1 heterocycles. The van der Waals surface area contributed by atoms with Crippen molar-refractivity contribution < 1.29 is 22.7 Å². The second-order valence-corrected chi connectivity index (χ2v) is 9.99. The van der Waals surface area contributed by atoms with Gasteiger partial charge in [-0.25, -0.2) is 13.2 Å². The molecule has 9 heteroatoms. The Hall–Kier alpha value is -1.33. The van der Waals surface area contributed by atoms with Crippen molar-refractivity contribution in [2.45, 2.75) is 37.5 Å². The first-order chi connectivity index (χ1) is 12.9. The lowest BCUT2D eigenvalue weighted by Crippen LogP contribution is -2.16. The summed E-state index contributed by atoms with van der Waals surface area (Å²) in [5.41, 5.74) is 1.29. The van der Waals surface area contributed by atoms with E-state index in [0.29, 0.717) is 19.9 Å². The van der Waals surface area contributed by atoms with E-state index in [1.54, 1.807) is 19.1 Å². The van der Waals surface area contributed by atoms with Crippen LogP contribution in [0.25, 0.3) is 0 Å². The van der Waals surface area contributed by atoms with E-state index in [2.05, 4.69) is 4.72 Å². The first kappa shape index (κ1) is 20.4. The SMILES string of the molecule is CCOC(=O)c1c(NS(=O)(=O)c2ccc(OC)c(I)c2)sc2c1CCCC2. The molecule has 0 radical (unpaired) electrons. The number of rotatable bonds is 6. The van der Waals surface area contributed by atoms with Crippen LogP contribution in [0.2, 0.25) is 0 Å². The van der Waals surface area contributed by atoms with Gasteiger partial charge in [0.05, 0.1) is 27.7 Å². The molecule has 0 fully saturated rings. The van der Waals surface area contributed by atoms with Crippen LogP contribution in [-0.2, 0) is 27.6 Å². The Morgan fingerprint density at radius 1 is 1.30 bits per heavy atom. The van der Waals surface area contributed by atoms with E-state index in [0.717, 1.165) is 36.1 Å². The summed E-state index contributed by atoms with van der Waals surface area (Å²) in [5.74, 6) is 0.132. The van der Waals surface area contributed by atoms with Gasteiger partial charge in [-0.05, 0) is 79.0 Å². The number of ether oxygens (including phenoxy) is 2. The second kappa shape index (κ2) is 8.36. The van der Waals surface area contributed by atoms with Crippen LogP contribution < -0.4 is 9.46 Å². The monoisotopic (exact) mass is 521 g/mol. The number of methoxy groups -OCH3 is 1. The summed E-state index contributed by atoms with van der Waals surface area (Å²) in [7, 11) is -2.31. The average Bonchev–Trinajstić information content (AvgIpc) is 2.98. The molecule has 0 amide bonds. The van der Waals surface area contributed by atoms with Crippen molar-refractivity contribution in [3.05, 3.63) is 37.8 Å². The van der Waals surface area contributed by atoms with Crippen LogP contribution in [0.15, 0.2) is 23.1 Å². The van der Waals surface area contributed by atoms with Crippen LogP contribution in [0, 0.1) is 3.57 Å². The van der Waals surface area contributed by atoms with Crippen molar-refractivity contribution in [3.8, 4) is 5.75 Å². The molecule has 1 aliphatic carbocycles. The molecule has 0 saturated heterocycles. The van der Waals surface area contributed by atoms with E-state index in [1.807, 2.05) is 22.6 Å². The van der Waals surface area contributed by atoms with Gasteiger partial charge in [0.25, 0.3) is 10.0 Å². The summed E-state index contributed by atoms with van der Waals surface area (Å²) in [5, 5.41) is 0.339. The molecular weight excluding hydrogens is 501 g/mol. The molecular formula is C18H20INO5S2. The molecule has 0 aliphatic heterocycles. The summed E-state index contributed by atoms with van der Waals surface area (Å²) >= 11 is 3.36. The standard InChI is InChI=1S/C18H20INO5S2/c1-3-25-18(21)16-12-6-4-5-7-15(12)26-17(16)20-27(22,23)11-8-9-14(24-2)13(19)10-11/h8-10,20H,3-7H2,1-2H3. The fourth-order valence-electron chi connectivity index (χ4n) is 3.05. The molecule has 0 unspecified atom stereocenters. The molecule has 2 aromatic rings. The minimum absolute atomic E-state index is 0.119. The molecule has 6 nitrogen and oxygen atoms in total. The predicted molar refractivity (Wildman–Crippen MR) is 113 cm³/mol. The number of carbonyl (C=O) groups excluding carboxylic acids is 1. The van der Waals surface area contributed by atoms with Gasteiger partial charge in [-0.3, -0.25) is 4.72 Å². The third-order valence-corrected chi connectivity index (χ3v) is 7.84. The second-order valence-electron chi connectivity index (χ2n) is 6.04. The number of fused-ring (bicyclic) bond motifs is 1. The third kappa shape index (κ3) is 4.24. The van der Waals surface area contributed by atoms with Gasteiger partial charge in [0, 0.05) is 4.88 Å². The maximum atomic E-state index is 12.9. The van der Waals surface area contributed by atoms with E-state index in [-0.39, 0.29) is 11.5 Å². The van der Waals surface area contributed by atoms with E-state index >= 15 is 0 Å². The highest BCUT2D eigenvalue weighted by Crippen LogP contribution is 2.39. The number of esters is 1. The lowest BCUT2D eigenvalue weighted by atomic mass is 9.95. The largest absolute Gasteiger partial charge is 0.496 e. The van der Waals surface area contributed by atoms with Crippen LogP contribution >= 0.6 is 33.9 Å².